The lowest BCUT2D eigenvalue weighted by molar-refractivity contribution is -0.148. The number of hydrogen-bond acceptors (Lipinski definition) is 2. The topological polar surface area (TPSA) is 46.5 Å². The highest BCUT2D eigenvalue weighted by Crippen LogP contribution is 2.30. The number of rotatable bonds is 3. The molecule has 1 saturated carbocycles. The minimum absolute atomic E-state index is 0.288. The molecule has 0 aliphatic heterocycles. The molecule has 1 fully saturated rings. The minimum atomic E-state index is -0.958. The lowest BCUT2D eigenvalue weighted by atomic mass is 9.85. The van der Waals surface area contributed by atoms with Crippen molar-refractivity contribution in [3.8, 4) is 12.3 Å². The van der Waals surface area contributed by atoms with E-state index in [2.05, 4.69) is 5.92 Å². The summed E-state index contributed by atoms with van der Waals surface area (Å²) in [6.45, 7) is -0.288. The Morgan fingerprint density at radius 1 is 1.46 bits per heavy atom. The first-order valence-electron chi connectivity index (χ1n) is 4.52. The van der Waals surface area contributed by atoms with Gasteiger partial charge in [-0.3, -0.25) is 0 Å². The van der Waals surface area contributed by atoms with Crippen LogP contribution in [0.25, 0.3) is 0 Å². The summed E-state index contributed by atoms with van der Waals surface area (Å²) in [4.78, 5) is 10.3. The highest BCUT2D eigenvalue weighted by molar-refractivity contribution is 5.68. The second-order valence-electron chi connectivity index (χ2n) is 3.38. The first kappa shape index (κ1) is 10.1. The first-order chi connectivity index (χ1) is 6.18. The first-order valence-corrected chi connectivity index (χ1v) is 4.52. The predicted molar refractivity (Wildman–Crippen MR) is 48.2 cm³/mol. The van der Waals surface area contributed by atoms with E-state index >= 15 is 0 Å². The zero-order valence-electron chi connectivity index (χ0n) is 7.58. The fourth-order valence-corrected chi connectivity index (χ4v) is 1.65. The number of terminal acetylenes is 1. The summed E-state index contributed by atoms with van der Waals surface area (Å²) in [7, 11) is 0. The summed E-state index contributed by atoms with van der Waals surface area (Å²) in [5.74, 6) is 1.63. The van der Waals surface area contributed by atoms with E-state index in [-0.39, 0.29) is 6.61 Å². The van der Waals surface area contributed by atoms with Crippen molar-refractivity contribution in [2.24, 2.45) is 0 Å². The van der Waals surface area contributed by atoms with Crippen molar-refractivity contribution in [2.75, 3.05) is 6.61 Å². The third-order valence-electron chi connectivity index (χ3n) is 2.40. The zero-order chi connectivity index (χ0) is 9.73. The molecule has 0 atom stereocenters. The van der Waals surface area contributed by atoms with Crippen LogP contribution in [0.3, 0.4) is 0 Å². The highest BCUT2D eigenvalue weighted by Gasteiger charge is 2.31. The van der Waals surface area contributed by atoms with Crippen molar-refractivity contribution in [1.29, 1.82) is 0 Å². The van der Waals surface area contributed by atoms with Gasteiger partial charge in [-0.1, -0.05) is 12.3 Å². The van der Waals surface area contributed by atoms with E-state index in [4.69, 9.17) is 16.3 Å². The van der Waals surface area contributed by atoms with Crippen molar-refractivity contribution in [1.82, 2.24) is 0 Å². The molecule has 0 spiro atoms. The molecule has 0 aromatic carbocycles. The van der Waals surface area contributed by atoms with Gasteiger partial charge in [0.25, 0.3) is 0 Å². The van der Waals surface area contributed by atoms with E-state index < -0.39 is 11.6 Å². The molecule has 1 aliphatic carbocycles. The molecule has 72 valence electrons. The van der Waals surface area contributed by atoms with Crippen molar-refractivity contribution in [2.45, 2.75) is 37.7 Å². The van der Waals surface area contributed by atoms with Gasteiger partial charge in [-0.2, -0.15) is 0 Å². The summed E-state index contributed by atoms with van der Waals surface area (Å²) < 4.78 is 5.25. The molecule has 1 aliphatic rings. The van der Waals surface area contributed by atoms with Crippen LogP contribution in [0.5, 0.6) is 0 Å². The summed E-state index contributed by atoms with van der Waals surface area (Å²) in [6.07, 6.45) is 10.2. The Hall–Kier alpha value is -1.01. The monoisotopic (exact) mass is 182 g/mol. The van der Waals surface area contributed by atoms with Crippen LogP contribution in [0.2, 0.25) is 0 Å². The lowest BCUT2D eigenvalue weighted by Crippen LogP contribution is -2.35. The molecule has 0 aromatic rings. The zero-order valence-corrected chi connectivity index (χ0v) is 7.58. The molecular formula is C10H14O3. The number of carboxylic acids is 1. The van der Waals surface area contributed by atoms with Gasteiger partial charge in [0.2, 0.25) is 0 Å². The van der Waals surface area contributed by atoms with Gasteiger partial charge in [0.15, 0.2) is 0 Å². The molecule has 0 radical (unpaired) electrons. The second-order valence-corrected chi connectivity index (χ2v) is 3.38. The quantitative estimate of drug-likeness (QED) is 0.671. The fraction of sp³-hybridized carbons (Fsp3) is 0.700. The van der Waals surface area contributed by atoms with Gasteiger partial charge in [0, 0.05) is 0 Å². The Morgan fingerprint density at radius 3 is 2.54 bits per heavy atom. The van der Waals surface area contributed by atoms with Crippen LogP contribution < -0.4 is 0 Å². The van der Waals surface area contributed by atoms with Crippen molar-refractivity contribution >= 4 is 5.97 Å². The summed E-state index contributed by atoms with van der Waals surface area (Å²) >= 11 is 0. The Kier molecular flexibility index (Phi) is 3.32. The molecule has 3 heteroatoms. The number of carbonyl (C=O) groups is 1. The fourth-order valence-electron chi connectivity index (χ4n) is 1.65. The molecule has 0 saturated heterocycles. The van der Waals surface area contributed by atoms with Crippen molar-refractivity contribution < 1.29 is 14.6 Å². The summed E-state index contributed by atoms with van der Waals surface area (Å²) in [6, 6.07) is 0. The maximum Gasteiger partial charge on any atom is 0.329 e. The molecule has 1 rings (SSSR count). The van der Waals surface area contributed by atoms with Crippen molar-refractivity contribution in [3.63, 3.8) is 0 Å². The van der Waals surface area contributed by atoms with Crippen molar-refractivity contribution in [3.05, 3.63) is 0 Å². The summed E-state index contributed by atoms with van der Waals surface area (Å²) in [5, 5.41) is 8.46. The Balaban J connectivity index is 2.49. The van der Waals surface area contributed by atoms with Crippen LogP contribution in [-0.4, -0.2) is 23.3 Å². The standard InChI is InChI=1S/C10H14O3/c1-2-10(13-8-9(11)12)6-4-3-5-7-10/h1H,3-8H2,(H,11,12). The van der Waals surface area contributed by atoms with Crippen LogP contribution in [-0.2, 0) is 9.53 Å². The van der Waals surface area contributed by atoms with Crippen LogP contribution in [0.4, 0.5) is 0 Å². The maximum atomic E-state index is 10.3. The number of aliphatic carboxylic acids is 1. The summed E-state index contributed by atoms with van der Waals surface area (Å²) in [5.41, 5.74) is -0.601. The molecule has 0 unspecified atom stereocenters. The van der Waals surface area contributed by atoms with E-state index in [9.17, 15) is 4.79 Å². The predicted octanol–water partition coefficient (Wildman–Crippen LogP) is 1.42. The Morgan fingerprint density at radius 2 is 2.08 bits per heavy atom. The molecule has 0 heterocycles. The number of carboxylic acid groups (broad SMARTS) is 1. The SMILES string of the molecule is C#CC1(OCC(=O)O)CCCCC1. The van der Waals surface area contributed by atoms with Gasteiger partial charge < -0.3 is 9.84 Å². The highest BCUT2D eigenvalue weighted by atomic mass is 16.5. The molecule has 13 heavy (non-hydrogen) atoms. The van der Waals surface area contributed by atoms with E-state index in [0.29, 0.717) is 0 Å². The number of ether oxygens (including phenoxy) is 1. The average molecular weight is 182 g/mol. The molecule has 1 N–H and O–H groups in total. The van der Waals surface area contributed by atoms with E-state index in [1.165, 1.54) is 6.42 Å². The van der Waals surface area contributed by atoms with E-state index in [1.807, 2.05) is 0 Å². The van der Waals surface area contributed by atoms with Gasteiger partial charge in [-0.05, 0) is 25.7 Å². The third-order valence-corrected chi connectivity index (χ3v) is 2.40. The molecule has 0 bridgehead atoms. The maximum absolute atomic E-state index is 10.3. The van der Waals surface area contributed by atoms with E-state index in [0.717, 1.165) is 25.7 Å². The van der Waals surface area contributed by atoms with Crippen LogP contribution in [0.1, 0.15) is 32.1 Å². The second kappa shape index (κ2) is 4.29. The van der Waals surface area contributed by atoms with Gasteiger partial charge >= 0.3 is 5.97 Å². The van der Waals surface area contributed by atoms with Gasteiger partial charge in [-0.25, -0.2) is 4.79 Å². The lowest BCUT2D eigenvalue weighted by Gasteiger charge is -2.31. The Bertz CT molecular complexity index is 221. The van der Waals surface area contributed by atoms with Gasteiger partial charge in [0.1, 0.15) is 12.2 Å². The Labute approximate surface area is 78.1 Å². The normalized spacial score (nSPS) is 20.5. The van der Waals surface area contributed by atoms with Crippen LogP contribution in [0.15, 0.2) is 0 Å². The molecule has 3 nitrogen and oxygen atoms in total. The third kappa shape index (κ3) is 2.74. The van der Waals surface area contributed by atoms with Gasteiger partial charge in [0.05, 0.1) is 0 Å². The molecule has 0 aromatic heterocycles. The molecule has 0 amide bonds. The largest absolute Gasteiger partial charge is 0.480 e. The average Bonchev–Trinajstić information content (AvgIpc) is 2.16. The van der Waals surface area contributed by atoms with E-state index in [1.54, 1.807) is 0 Å². The van der Waals surface area contributed by atoms with Crippen LogP contribution in [0, 0.1) is 12.3 Å². The smallest absolute Gasteiger partial charge is 0.329 e. The number of hydrogen-bond donors (Lipinski definition) is 1. The van der Waals surface area contributed by atoms with Gasteiger partial charge in [-0.15, -0.1) is 6.42 Å². The molecular weight excluding hydrogens is 168 g/mol. The minimum Gasteiger partial charge on any atom is -0.480 e. The van der Waals surface area contributed by atoms with Crippen LogP contribution >= 0.6 is 0 Å².